The number of amides is 3. The van der Waals surface area contributed by atoms with Gasteiger partial charge in [-0.2, -0.15) is 24.4 Å². The van der Waals surface area contributed by atoms with Gasteiger partial charge in [-0.1, -0.05) is 44.2 Å². The fraction of sp³-hybridized carbons (Fsp3) is 0.565. The molecule has 0 saturated carbocycles. The van der Waals surface area contributed by atoms with Gasteiger partial charge < -0.3 is 26.8 Å². The van der Waals surface area contributed by atoms with Crippen molar-refractivity contribution in [1.29, 1.82) is 0 Å². The fourth-order valence-electron chi connectivity index (χ4n) is 3.19. The molecule has 0 bridgehead atoms. The summed E-state index contributed by atoms with van der Waals surface area (Å²) >= 11 is 5.66. The first-order chi connectivity index (χ1) is 16.1. The summed E-state index contributed by atoms with van der Waals surface area (Å²) in [5.41, 5.74) is 6.69. The van der Waals surface area contributed by atoms with Crippen LogP contribution in [0.4, 0.5) is 0 Å². The van der Waals surface area contributed by atoms with Gasteiger partial charge in [0.2, 0.25) is 17.7 Å². The lowest BCUT2D eigenvalue weighted by atomic mass is 10.0. The lowest BCUT2D eigenvalue weighted by Crippen LogP contribution is -2.58. The predicted octanol–water partition coefficient (Wildman–Crippen LogP) is 0.824. The van der Waals surface area contributed by atoms with E-state index in [4.69, 9.17) is 5.73 Å². The Bertz CT molecular complexity index is 810. The van der Waals surface area contributed by atoms with E-state index in [0.29, 0.717) is 18.6 Å². The van der Waals surface area contributed by atoms with E-state index in [9.17, 15) is 24.3 Å². The van der Waals surface area contributed by atoms with Crippen LogP contribution in [0, 0.1) is 5.92 Å². The molecule has 0 aliphatic rings. The molecule has 190 valence electrons. The molecule has 11 heteroatoms. The van der Waals surface area contributed by atoms with E-state index in [0.717, 1.165) is 5.56 Å². The van der Waals surface area contributed by atoms with Crippen LogP contribution >= 0.6 is 24.4 Å². The summed E-state index contributed by atoms with van der Waals surface area (Å²) in [6.07, 6.45) is 2.79. The minimum absolute atomic E-state index is 0.0503. The monoisotopic (exact) mass is 512 g/mol. The van der Waals surface area contributed by atoms with Gasteiger partial charge in [0.15, 0.2) is 0 Å². The molecular weight excluding hydrogens is 476 g/mol. The molecular formula is C23H36N4O5S2. The van der Waals surface area contributed by atoms with Crippen LogP contribution in [-0.2, 0) is 25.6 Å². The van der Waals surface area contributed by atoms with E-state index in [1.807, 2.05) is 26.2 Å². The third kappa shape index (κ3) is 10.8. The molecule has 3 amide bonds. The molecule has 0 fully saturated rings. The molecule has 0 spiro atoms. The standard InChI is InChI=1S/C23H36N4O5S2/c1-14(2)11-16(24)20(28)25-17(9-10-34-3)21(29)27-19(13-33)22(30)26-18(23(31)32)12-15-7-5-4-6-8-15/h4-8,14,16-19,33H,9-13,24H2,1-3H3,(H,25,28)(H,26,30)(H,27,29)(H,31,32). The van der Waals surface area contributed by atoms with E-state index in [-0.39, 0.29) is 18.1 Å². The van der Waals surface area contributed by atoms with E-state index in [2.05, 4.69) is 28.6 Å². The van der Waals surface area contributed by atoms with Crippen molar-refractivity contribution in [2.75, 3.05) is 17.8 Å². The molecule has 0 aliphatic carbocycles. The van der Waals surface area contributed by atoms with Gasteiger partial charge in [-0.15, -0.1) is 0 Å². The number of thiol groups is 1. The lowest BCUT2D eigenvalue weighted by Gasteiger charge is -2.24. The van der Waals surface area contributed by atoms with Gasteiger partial charge >= 0.3 is 5.97 Å². The van der Waals surface area contributed by atoms with Crippen molar-refractivity contribution in [3.8, 4) is 0 Å². The number of nitrogens with one attached hydrogen (secondary N) is 3. The first kappa shape index (κ1) is 29.8. The van der Waals surface area contributed by atoms with Crippen LogP contribution in [0.3, 0.4) is 0 Å². The van der Waals surface area contributed by atoms with Crippen molar-refractivity contribution >= 4 is 48.1 Å². The van der Waals surface area contributed by atoms with Crippen molar-refractivity contribution < 1.29 is 24.3 Å². The second kappa shape index (κ2) is 15.6. The number of thioether (sulfide) groups is 1. The number of carboxylic acid groups (broad SMARTS) is 1. The summed E-state index contributed by atoms with van der Waals surface area (Å²) < 4.78 is 0. The normalized spacial score (nSPS) is 14.5. The summed E-state index contributed by atoms with van der Waals surface area (Å²) in [5, 5.41) is 17.3. The van der Waals surface area contributed by atoms with Crippen molar-refractivity contribution in [2.24, 2.45) is 11.7 Å². The van der Waals surface area contributed by atoms with Gasteiger partial charge in [0, 0.05) is 12.2 Å². The highest BCUT2D eigenvalue weighted by atomic mass is 32.2. The molecule has 1 aromatic carbocycles. The molecule has 0 aliphatic heterocycles. The summed E-state index contributed by atoms with van der Waals surface area (Å²) in [5.74, 6) is -2.07. The van der Waals surface area contributed by atoms with Gasteiger partial charge in [0.1, 0.15) is 18.1 Å². The van der Waals surface area contributed by atoms with Gasteiger partial charge in [0.25, 0.3) is 0 Å². The zero-order chi connectivity index (χ0) is 25.7. The third-order valence-electron chi connectivity index (χ3n) is 5.02. The molecule has 9 nitrogen and oxygen atoms in total. The largest absolute Gasteiger partial charge is 0.480 e. The van der Waals surface area contributed by atoms with Crippen LogP contribution < -0.4 is 21.7 Å². The SMILES string of the molecule is CSCCC(NC(=O)C(N)CC(C)C)C(=O)NC(CS)C(=O)NC(Cc1ccccc1)C(=O)O. The highest BCUT2D eigenvalue weighted by Crippen LogP contribution is 2.07. The minimum atomic E-state index is -1.19. The summed E-state index contributed by atoms with van der Waals surface area (Å²) in [4.78, 5) is 49.8. The van der Waals surface area contributed by atoms with Crippen molar-refractivity contribution in [3.05, 3.63) is 35.9 Å². The van der Waals surface area contributed by atoms with Gasteiger partial charge in [-0.3, -0.25) is 14.4 Å². The molecule has 6 N–H and O–H groups in total. The molecule has 4 atom stereocenters. The number of benzene rings is 1. The number of hydrogen-bond donors (Lipinski definition) is 6. The first-order valence-electron chi connectivity index (χ1n) is 11.1. The first-order valence-corrected chi connectivity index (χ1v) is 13.1. The summed E-state index contributed by atoms with van der Waals surface area (Å²) in [6, 6.07) is 5.03. The number of carbonyl (C=O) groups excluding carboxylic acids is 3. The number of aliphatic carboxylic acids is 1. The lowest BCUT2D eigenvalue weighted by molar-refractivity contribution is -0.142. The van der Waals surface area contributed by atoms with E-state index in [1.54, 1.807) is 24.3 Å². The Kier molecular flexibility index (Phi) is 13.7. The molecule has 1 aromatic rings. The second-order valence-corrected chi connectivity index (χ2v) is 9.76. The molecule has 0 radical (unpaired) electrons. The zero-order valence-corrected chi connectivity index (χ0v) is 21.5. The Hall–Kier alpha value is -2.24. The van der Waals surface area contributed by atoms with Crippen LogP contribution in [0.2, 0.25) is 0 Å². The highest BCUT2D eigenvalue weighted by Gasteiger charge is 2.29. The van der Waals surface area contributed by atoms with Gasteiger partial charge in [-0.25, -0.2) is 4.79 Å². The Morgan fingerprint density at radius 1 is 0.971 bits per heavy atom. The van der Waals surface area contributed by atoms with Crippen LogP contribution in [0.25, 0.3) is 0 Å². The van der Waals surface area contributed by atoms with Crippen LogP contribution in [0.15, 0.2) is 30.3 Å². The highest BCUT2D eigenvalue weighted by molar-refractivity contribution is 7.98. The number of rotatable bonds is 15. The Morgan fingerprint density at radius 3 is 2.06 bits per heavy atom. The maximum atomic E-state index is 12.9. The average Bonchev–Trinajstić information content (AvgIpc) is 2.79. The number of hydrogen-bond acceptors (Lipinski definition) is 7. The van der Waals surface area contributed by atoms with E-state index >= 15 is 0 Å². The summed E-state index contributed by atoms with van der Waals surface area (Å²) in [7, 11) is 0. The van der Waals surface area contributed by atoms with Crippen molar-refractivity contribution in [1.82, 2.24) is 16.0 Å². The fourth-order valence-corrected chi connectivity index (χ4v) is 3.92. The molecule has 0 heterocycles. The Labute approximate surface area is 210 Å². The molecule has 34 heavy (non-hydrogen) atoms. The van der Waals surface area contributed by atoms with Crippen molar-refractivity contribution in [2.45, 2.75) is 57.3 Å². The van der Waals surface area contributed by atoms with Crippen LogP contribution in [-0.4, -0.2) is 70.7 Å². The van der Waals surface area contributed by atoms with Crippen LogP contribution in [0.5, 0.6) is 0 Å². The molecule has 0 saturated heterocycles. The van der Waals surface area contributed by atoms with Crippen molar-refractivity contribution in [3.63, 3.8) is 0 Å². The Morgan fingerprint density at radius 2 is 1.53 bits per heavy atom. The maximum absolute atomic E-state index is 12.9. The summed E-state index contributed by atoms with van der Waals surface area (Å²) in [6.45, 7) is 3.90. The van der Waals surface area contributed by atoms with Gasteiger partial charge in [-0.05, 0) is 36.3 Å². The molecule has 1 rings (SSSR count). The minimum Gasteiger partial charge on any atom is -0.480 e. The quantitative estimate of drug-likeness (QED) is 0.190. The topological polar surface area (TPSA) is 151 Å². The third-order valence-corrected chi connectivity index (χ3v) is 6.03. The number of carboxylic acids is 1. The smallest absolute Gasteiger partial charge is 0.326 e. The average molecular weight is 513 g/mol. The Balaban J connectivity index is 2.84. The predicted molar refractivity (Wildman–Crippen MR) is 138 cm³/mol. The zero-order valence-electron chi connectivity index (χ0n) is 19.8. The second-order valence-electron chi connectivity index (χ2n) is 8.41. The van der Waals surface area contributed by atoms with E-state index in [1.165, 1.54) is 11.8 Å². The van der Waals surface area contributed by atoms with Crippen LogP contribution in [0.1, 0.15) is 32.3 Å². The van der Waals surface area contributed by atoms with E-state index < -0.39 is 47.9 Å². The van der Waals surface area contributed by atoms with Gasteiger partial charge in [0.05, 0.1) is 6.04 Å². The molecule has 4 unspecified atom stereocenters. The molecule has 0 aromatic heterocycles. The number of carbonyl (C=O) groups is 4. The number of nitrogens with two attached hydrogens (primary N) is 1. The maximum Gasteiger partial charge on any atom is 0.326 e.